The maximum atomic E-state index is 13.3. The van der Waals surface area contributed by atoms with Crippen LogP contribution < -0.4 is 14.2 Å². The summed E-state index contributed by atoms with van der Waals surface area (Å²) < 4.78 is 31.3. The van der Waals surface area contributed by atoms with Gasteiger partial charge in [-0.05, 0) is 64.2 Å². The first-order valence-corrected chi connectivity index (χ1v) is 34.1. The van der Waals surface area contributed by atoms with Crippen LogP contribution in [0.2, 0.25) is 0 Å². The zero-order valence-electron chi connectivity index (χ0n) is 52.1. The van der Waals surface area contributed by atoms with Crippen molar-refractivity contribution in [2.45, 2.75) is 368 Å². The van der Waals surface area contributed by atoms with Crippen LogP contribution in [0.15, 0.2) is 12.1 Å². The molecule has 0 N–H and O–H groups in total. The topological polar surface area (TPSA) is 80.3 Å². The van der Waals surface area contributed by atoms with E-state index in [0.717, 1.165) is 44.1 Å². The van der Waals surface area contributed by atoms with Gasteiger partial charge in [0, 0.05) is 0 Å². The lowest BCUT2D eigenvalue weighted by molar-refractivity contribution is -0.159. The molecular weight excluding hydrogens is 953 g/mol. The van der Waals surface area contributed by atoms with Gasteiger partial charge in [0.2, 0.25) is 5.75 Å². The van der Waals surface area contributed by atoms with E-state index in [9.17, 15) is 9.59 Å². The van der Waals surface area contributed by atoms with Crippen LogP contribution in [-0.2, 0) is 25.7 Å². The Hall–Kier alpha value is -2.44. The Morgan fingerprint density at radius 1 is 0.364 bits per heavy atom. The molecule has 0 spiro atoms. The van der Waals surface area contributed by atoms with Gasteiger partial charge in [0.25, 0.3) is 0 Å². The predicted octanol–water partition coefficient (Wildman–Crippen LogP) is 22.6. The number of hydrogen-bond acceptors (Lipinski definition) is 7. The van der Waals surface area contributed by atoms with E-state index in [2.05, 4.69) is 20.8 Å². The second-order valence-electron chi connectivity index (χ2n) is 25.0. The monoisotopic (exact) mass is 1080 g/mol. The first kappa shape index (κ1) is 70.7. The standard InChI is InChI=1S/C70H128O7/c1-7-10-13-16-19-22-25-28-31-34-37-40-43-46-49-52-55-73-65-58-62(61-76-68(71)63-60-64(63)69(72)77-70(4,5)6)59-66(74-56-53-50-47-44-41-38-35-32-29-26-23-20-17-14-11-8-2)67(65)75-57-54-51-48-45-42-39-36-33-30-27-24-21-18-15-12-9-3/h58-59,63-64H,7-57,60-61H2,1-6H3/t63-,64-/m1/s1. The second kappa shape index (κ2) is 50.5. The number of hydrogen-bond donors (Lipinski definition) is 0. The first-order chi connectivity index (χ1) is 37.7. The van der Waals surface area contributed by atoms with Gasteiger partial charge in [-0.1, -0.05) is 310 Å². The lowest BCUT2D eigenvalue weighted by atomic mass is 10.0. The first-order valence-electron chi connectivity index (χ1n) is 34.1. The summed E-state index contributed by atoms with van der Waals surface area (Å²) in [6.45, 7) is 14.4. The van der Waals surface area contributed by atoms with Crippen molar-refractivity contribution >= 4 is 11.9 Å². The Labute approximate surface area is 478 Å². The van der Waals surface area contributed by atoms with Crippen LogP contribution in [0, 0.1) is 11.8 Å². The van der Waals surface area contributed by atoms with Crippen LogP contribution in [0.3, 0.4) is 0 Å². The average molecular weight is 1080 g/mol. The molecule has 0 aromatic heterocycles. The lowest BCUT2D eigenvalue weighted by Crippen LogP contribution is -2.26. The number of ether oxygens (including phenoxy) is 5. The molecule has 7 heteroatoms. The van der Waals surface area contributed by atoms with Crippen molar-refractivity contribution in [2.24, 2.45) is 11.8 Å². The van der Waals surface area contributed by atoms with Gasteiger partial charge in [-0.2, -0.15) is 0 Å². The van der Waals surface area contributed by atoms with Crippen molar-refractivity contribution in [1.29, 1.82) is 0 Å². The van der Waals surface area contributed by atoms with Crippen molar-refractivity contribution in [2.75, 3.05) is 19.8 Å². The fourth-order valence-corrected chi connectivity index (χ4v) is 10.9. The van der Waals surface area contributed by atoms with Crippen LogP contribution in [0.4, 0.5) is 0 Å². The van der Waals surface area contributed by atoms with E-state index in [4.69, 9.17) is 23.7 Å². The molecule has 2 atom stereocenters. The van der Waals surface area contributed by atoms with Crippen LogP contribution in [0.1, 0.15) is 362 Å². The van der Waals surface area contributed by atoms with Gasteiger partial charge in [0.15, 0.2) is 11.5 Å². The predicted molar refractivity (Wildman–Crippen MR) is 329 cm³/mol. The van der Waals surface area contributed by atoms with Crippen molar-refractivity contribution < 1.29 is 33.3 Å². The summed E-state index contributed by atoms with van der Waals surface area (Å²) in [6.07, 6.45) is 64.6. The summed E-state index contributed by atoms with van der Waals surface area (Å²) in [5.74, 6) is 0.478. The van der Waals surface area contributed by atoms with Crippen molar-refractivity contribution in [3.05, 3.63) is 17.7 Å². The maximum Gasteiger partial charge on any atom is 0.310 e. The summed E-state index contributed by atoms with van der Waals surface area (Å²) >= 11 is 0. The van der Waals surface area contributed by atoms with E-state index < -0.39 is 17.4 Å². The summed E-state index contributed by atoms with van der Waals surface area (Å²) in [5.41, 5.74) is 0.223. The molecule has 1 fully saturated rings. The van der Waals surface area contributed by atoms with Crippen molar-refractivity contribution in [1.82, 2.24) is 0 Å². The summed E-state index contributed by atoms with van der Waals surface area (Å²) in [6, 6.07) is 3.98. The normalized spacial score (nSPS) is 14.3. The van der Waals surface area contributed by atoms with E-state index in [1.54, 1.807) is 0 Å². The summed E-state index contributed by atoms with van der Waals surface area (Å²) in [5, 5.41) is 0. The minimum absolute atomic E-state index is 0.0839. The van der Waals surface area contributed by atoms with Gasteiger partial charge in [-0.3, -0.25) is 9.59 Å². The van der Waals surface area contributed by atoms with E-state index in [1.807, 2.05) is 32.9 Å². The molecule has 0 radical (unpaired) electrons. The molecule has 1 aliphatic rings. The highest BCUT2D eigenvalue weighted by molar-refractivity contribution is 5.87. The Kier molecular flexibility index (Phi) is 46.4. The minimum atomic E-state index is -0.588. The number of rotatable bonds is 58. The van der Waals surface area contributed by atoms with Crippen LogP contribution in [0.5, 0.6) is 17.2 Å². The molecule has 1 aliphatic carbocycles. The number of esters is 2. The molecule has 0 saturated heterocycles. The molecule has 1 saturated carbocycles. The van der Waals surface area contributed by atoms with Crippen molar-refractivity contribution in [3.8, 4) is 17.2 Å². The third-order valence-electron chi connectivity index (χ3n) is 16.0. The molecule has 450 valence electrons. The van der Waals surface area contributed by atoms with E-state index in [-0.39, 0.29) is 18.5 Å². The zero-order valence-corrected chi connectivity index (χ0v) is 52.1. The molecule has 1 aromatic carbocycles. The Bertz CT molecular complexity index is 1430. The molecule has 7 nitrogen and oxygen atoms in total. The molecule has 77 heavy (non-hydrogen) atoms. The Morgan fingerprint density at radius 2 is 0.610 bits per heavy atom. The fraction of sp³-hybridized carbons (Fsp3) is 0.886. The third kappa shape index (κ3) is 42.1. The number of benzene rings is 1. The molecule has 0 aliphatic heterocycles. The highest BCUT2D eigenvalue weighted by atomic mass is 16.6. The highest BCUT2D eigenvalue weighted by Gasteiger charge is 2.51. The average Bonchev–Trinajstić information content (AvgIpc) is 4.25. The van der Waals surface area contributed by atoms with Gasteiger partial charge in [-0.25, -0.2) is 0 Å². The quantitative estimate of drug-likeness (QED) is 0.0475. The molecule has 2 rings (SSSR count). The molecule has 0 bridgehead atoms. The molecule has 0 heterocycles. The summed E-state index contributed by atoms with van der Waals surface area (Å²) in [7, 11) is 0. The van der Waals surface area contributed by atoms with Crippen LogP contribution in [-0.4, -0.2) is 37.4 Å². The van der Waals surface area contributed by atoms with Crippen molar-refractivity contribution in [3.63, 3.8) is 0 Å². The van der Waals surface area contributed by atoms with Gasteiger partial charge in [0.05, 0.1) is 31.7 Å². The lowest BCUT2D eigenvalue weighted by Gasteiger charge is -2.19. The number of carbonyl (C=O) groups excluding carboxylic acids is 2. The minimum Gasteiger partial charge on any atom is -0.490 e. The molecule has 1 aromatic rings. The number of carbonyl (C=O) groups is 2. The Balaban J connectivity index is 1.94. The van der Waals surface area contributed by atoms with Gasteiger partial charge >= 0.3 is 11.9 Å². The van der Waals surface area contributed by atoms with E-state index in [0.29, 0.717) is 43.5 Å². The molecule has 0 unspecified atom stereocenters. The zero-order chi connectivity index (χ0) is 55.5. The smallest absolute Gasteiger partial charge is 0.310 e. The van der Waals surface area contributed by atoms with E-state index >= 15 is 0 Å². The Morgan fingerprint density at radius 3 is 0.883 bits per heavy atom. The molecular formula is C70H128O7. The largest absolute Gasteiger partial charge is 0.490 e. The van der Waals surface area contributed by atoms with Gasteiger partial charge in [-0.15, -0.1) is 0 Å². The highest BCUT2D eigenvalue weighted by Crippen LogP contribution is 2.43. The third-order valence-corrected chi connectivity index (χ3v) is 16.0. The maximum absolute atomic E-state index is 13.3. The van der Waals surface area contributed by atoms with Crippen LogP contribution in [0.25, 0.3) is 0 Å². The molecule has 0 amide bonds. The second-order valence-corrected chi connectivity index (χ2v) is 25.0. The summed E-state index contributed by atoms with van der Waals surface area (Å²) in [4.78, 5) is 26.0. The van der Waals surface area contributed by atoms with E-state index in [1.165, 1.54) is 270 Å². The van der Waals surface area contributed by atoms with Gasteiger partial charge < -0.3 is 23.7 Å². The SMILES string of the molecule is CCCCCCCCCCCCCCCCCCOc1cc(COC(=O)[C@@H]2C[C@H]2C(=O)OC(C)(C)C)cc(OCCCCCCCCCCCCCCCCCC)c1OCCCCCCCCCCCCCCCCCC. The number of unbranched alkanes of at least 4 members (excludes halogenated alkanes) is 45. The van der Waals surface area contributed by atoms with Crippen LogP contribution >= 0.6 is 0 Å². The fourth-order valence-electron chi connectivity index (χ4n) is 10.9. The van der Waals surface area contributed by atoms with Gasteiger partial charge in [0.1, 0.15) is 12.2 Å².